The number of carbonyl (C=O) groups is 2. The molecule has 25 heavy (non-hydrogen) atoms. The average Bonchev–Trinajstić information content (AvgIpc) is 3.02. The zero-order chi connectivity index (χ0) is 18.4. The summed E-state index contributed by atoms with van der Waals surface area (Å²) in [5.74, 6) is 0.0391. The number of ether oxygens (including phenoxy) is 1. The summed E-state index contributed by atoms with van der Waals surface area (Å²) >= 11 is 0. The third-order valence-electron chi connectivity index (χ3n) is 4.83. The van der Waals surface area contributed by atoms with Crippen molar-refractivity contribution in [2.24, 2.45) is 7.05 Å². The van der Waals surface area contributed by atoms with E-state index >= 15 is 0 Å². The second kappa shape index (κ2) is 8.29. The van der Waals surface area contributed by atoms with Gasteiger partial charge in [-0.1, -0.05) is 0 Å². The van der Waals surface area contributed by atoms with Gasteiger partial charge >= 0.3 is 0 Å². The summed E-state index contributed by atoms with van der Waals surface area (Å²) in [4.78, 5) is 27.8. The summed E-state index contributed by atoms with van der Waals surface area (Å²) in [6.07, 6.45) is 7.82. The van der Waals surface area contributed by atoms with Gasteiger partial charge < -0.3 is 14.5 Å². The summed E-state index contributed by atoms with van der Waals surface area (Å²) in [7, 11) is 7.01. The van der Waals surface area contributed by atoms with Crippen molar-refractivity contribution >= 4 is 17.9 Å². The number of piperidine rings is 1. The van der Waals surface area contributed by atoms with Crippen LogP contribution in [0, 0.1) is 0 Å². The van der Waals surface area contributed by atoms with E-state index in [-0.39, 0.29) is 11.8 Å². The molecule has 1 unspecified atom stereocenters. The van der Waals surface area contributed by atoms with Crippen LogP contribution in [0.2, 0.25) is 0 Å². The van der Waals surface area contributed by atoms with Crippen molar-refractivity contribution in [1.82, 2.24) is 19.6 Å². The summed E-state index contributed by atoms with van der Waals surface area (Å²) in [5, 5.41) is 4.08. The molecule has 2 rings (SSSR count). The first-order valence-corrected chi connectivity index (χ1v) is 8.57. The Morgan fingerprint density at radius 2 is 2.20 bits per heavy atom. The van der Waals surface area contributed by atoms with Gasteiger partial charge in [0, 0.05) is 60.0 Å². The van der Waals surface area contributed by atoms with E-state index in [1.54, 1.807) is 54.0 Å². The molecule has 2 amide bonds. The van der Waals surface area contributed by atoms with Gasteiger partial charge in [-0.2, -0.15) is 5.10 Å². The Kier molecular flexibility index (Phi) is 6.36. The minimum Gasteiger partial charge on any atom is -0.376 e. The largest absolute Gasteiger partial charge is 0.376 e. The van der Waals surface area contributed by atoms with Gasteiger partial charge in [0.2, 0.25) is 11.8 Å². The fraction of sp³-hybridized carbons (Fsp3) is 0.611. The maximum Gasteiger partial charge on any atom is 0.246 e. The highest BCUT2D eigenvalue weighted by Gasteiger charge is 2.37. The van der Waals surface area contributed by atoms with E-state index in [1.807, 2.05) is 13.1 Å². The van der Waals surface area contributed by atoms with Crippen LogP contribution in [0.1, 0.15) is 31.4 Å². The Morgan fingerprint density at radius 3 is 2.80 bits per heavy atom. The first-order chi connectivity index (χ1) is 11.9. The molecule has 138 valence electrons. The average molecular weight is 348 g/mol. The number of rotatable bonds is 6. The minimum atomic E-state index is -0.444. The molecule has 0 aliphatic carbocycles. The number of hydrogen-bond donors (Lipinski definition) is 0. The lowest BCUT2D eigenvalue weighted by atomic mass is 9.87. The molecule has 2 heterocycles. The zero-order valence-corrected chi connectivity index (χ0v) is 15.6. The van der Waals surface area contributed by atoms with E-state index < -0.39 is 5.60 Å². The lowest BCUT2D eigenvalue weighted by Gasteiger charge is -2.41. The van der Waals surface area contributed by atoms with Gasteiger partial charge in [-0.25, -0.2) is 0 Å². The van der Waals surface area contributed by atoms with Crippen LogP contribution >= 0.6 is 0 Å². The third-order valence-corrected chi connectivity index (χ3v) is 4.83. The van der Waals surface area contributed by atoms with Crippen LogP contribution in [-0.4, -0.2) is 71.3 Å². The summed E-state index contributed by atoms with van der Waals surface area (Å²) in [6.45, 7) is 1.22. The predicted octanol–water partition coefficient (Wildman–Crippen LogP) is 1.31. The number of amides is 2. The van der Waals surface area contributed by atoms with Crippen molar-refractivity contribution in [2.45, 2.75) is 31.3 Å². The molecule has 0 radical (unpaired) electrons. The molecule has 1 aliphatic heterocycles. The Labute approximate surface area is 149 Å². The Balaban J connectivity index is 2.00. The normalized spacial score (nSPS) is 20.9. The van der Waals surface area contributed by atoms with Crippen molar-refractivity contribution in [1.29, 1.82) is 0 Å². The molecular formula is C18H28N4O3. The van der Waals surface area contributed by atoms with Crippen LogP contribution in [0.3, 0.4) is 0 Å². The van der Waals surface area contributed by atoms with Crippen LogP contribution in [0.4, 0.5) is 0 Å². The van der Waals surface area contributed by atoms with E-state index in [2.05, 4.69) is 5.10 Å². The topological polar surface area (TPSA) is 67.7 Å². The highest BCUT2D eigenvalue weighted by molar-refractivity contribution is 5.91. The molecule has 0 saturated carbocycles. The van der Waals surface area contributed by atoms with E-state index in [0.717, 1.165) is 18.5 Å². The maximum absolute atomic E-state index is 12.5. The number of aryl methyl sites for hydroxylation is 1. The van der Waals surface area contributed by atoms with Crippen LogP contribution in [0.25, 0.3) is 6.08 Å². The number of hydrogen-bond acceptors (Lipinski definition) is 4. The van der Waals surface area contributed by atoms with Crippen LogP contribution < -0.4 is 0 Å². The van der Waals surface area contributed by atoms with Crippen LogP contribution in [0.5, 0.6) is 0 Å². The number of nitrogens with zero attached hydrogens (tertiary/aromatic N) is 4. The van der Waals surface area contributed by atoms with Crippen molar-refractivity contribution < 1.29 is 14.3 Å². The summed E-state index contributed by atoms with van der Waals surface area (Å²) in [5.41, 5.74) is 0.430. The molecule has 1 aromatic rings. The van der Waals surface area contributed by atoms with Crippen LogP contribution in [-0.2, 0) is 21.4 Å². The first-order valence-electron chi connectivity index (χ1n) is 8.57. The molecule has 1 fully saturated rings. The Hall–Kier alpha value is -2.15. The van der Waals surface area contributed by atoms with Crippen LogP contribution in [0.15, 0.2) is 18.3 Å². The van der Waals surface area contributed by atoms with E-state index in [4.69, 9.17) is 4.74 Å². The number of carbonyl (C=O) groups excluding carboxylic acids is 2. The second-order valence-corrected chi connectivity index (χ2v) is 6.75. The standard InChI is InChI=1S/C18H28N4O3/c1-20(2)16(23)8-11-18(25-4)10-5-13-22(14-18)17(24)7-6-15-9-12-19-21(15)3/h6-7,9,12H,5,8,10-11,13-14H2,1-4H3/b7-6+. The quantitative estimate of drug-likeness (QED) is 0.727. The third kappa shape index (κ3) is 4.92. The lowest BCUT2D eigenvalue weighted by molar-refractivity contribution is -0.138. The number of aromatic nitrogens is 2. The fourth-order valence-corrected chi connectivity index (χ4v) is 3.13. The molecule has 1 saturated heterocycles. The molecule has 0 aromatic carbocycles. The van der Waals surface area contributed by atoms with Gasteiger partial charge in [0.25, 0.3) is 0 Å². The highest BCUT2D eigenvalue weighted by atomic mass is 16.5. The van der Waals surface area contributed by atoms with Gasteiger partial charge in [0.05, 0.1) is 11.3 Å². The Morgan fingerprint density at radius 1 is 1.44 bits per heavy atom. The van der Waals surface area contributed by atoms with E-state index in [1.165, 1.54) is 0 Å². The molecule has 7 heteroatoms. The smallest absolute Gasteiger partial charge is 0.246 e. The highest BCUT2D eigenvalue weighted by Crippen LogP contribution is 2.29. The van der Waals surface area contributed by atoms with Gasteiger partial charge in [0.1, 0.15) is 0 Å². The molecule has 1 atom stereocenters. The SMILES string of the molecule is COC1(CCC(=O)N(C)C)CCCN(C(=O)/C=C/c2ccnn2C)C1. The van der Waals surface area contributed by atoms with Crippen molar-refractivity contribution in [3.63, 3.8) is 0 Å². The fourth-order valence-electron chi connectivity index (χ4n) is 3.13. The first kappa shape index (κ1) is 19.2. The molecule has 0 N–H and O–H groups in total. The van der Waals surface area contributed by atoms with E-state index in [9.17, 15) is 9.59 Å². The van der Waals surface area contributed by atoms with Gasteiger partial charge in [-0.15, -0.1) is 0 Å². The monoisotopic (exact) mass is 348 g/mol. The predicted molar refractivity (Wildman–Crippen MR) is 95.7 cm³/mol. The Bertz CT molecular complexity index is 638. The molecular weight excluding hydrogens is 320 g/mol. The number of methoxy groups -OCH3 is 1. The second-order valence-electron chi connectivity index (χ2n) is 6.75. The molecule has 0 bridgehead atoms. The van der Waals surface area contributed by atoms with Crippen molar-refractivity contribution in [3.8, 4) is 0 Å². The van der Waals surface area contributed by atoms with E-state index in [0.29, 0.717) is 25.9 Å². The van der Waals surface area contributed by atoms with Gasteiger partial charge in [-0.3, -0.25) is 14.3 Å². The van der Waals surface area contributed by atoms with Gasteiger partial charge in [0.15, 0.2) is 0 Å². The summed E-state index contributed by atoms with van der Waals surface area (Å²) in [6, 6.07) is 1.85. The molecule has 0 spiro atoms. The summed E-state index contributed by atoms with van der Waals surface area (Å²) < 4.78 is 7.47. The minimum absolute atomic E-state index is 0.0405. The lowest BCUT2D eigenvalue weighted by Crippen LogP contribution is -2.51. The molecule has 7 nitrogen and oxygen atoms in total. The molecule has 1 aromatic heterocycles. The van der Waals surface area contributed by atoms with Gasteiger partial charge in [-0.05, 0) is 31.4 Å². The molecule has 1 aliphatic rings. The zero-order valence-electron chi connectivity index (χ0n) is 15.6. The number of likely N-dealkylation sites (tertiary alicyclic amines) is 1. The van der Waals surface area contributed by atoms with Crippen molar-refractivity contribution in [2.75, 3.05) is 34.3 Å². The van der Waals surface area contributed by atoms with Crippen molar-refractivity contribution in [3.05, 3.63) is 24.0 Å². The maximum atomic E-state index is 12.5.